The Bertz CT molecular complexity index is 1020. The first-order valence-corrected chi connectivity index (χ1v) is 8.66. The maximum Gasteiger partial charge on any atom is 0.273 e. The Hall–Kier alpha value is -3.15. The molecular weight excluding hydrogens is 330 g/mol. The van der Waals surface area contributed by atoms with Crippen LogP contribution in [0.15, 0.2) is 64.2 Å². The van der Waals surface area contributed by atoms with E-state index in [2.05, 4.69) is 10.4 Å². The molecule has 0 spiro atoms. The van der Waals surface area contributed by atoms with Gasteiger partial charge in [-0.3, -0.25) is 19.5 Å². The molecule has 0 saturated heterocycles. The highest BCUT2D eigenvalue weighted by Crippen LogP contribution is 2.17. The lowest BCUT2D eigenvalue weighted by molar-refractivity contribution is -0.122. The van der Waals surface area contributed by atoms with E-state index in [1.165, 1.54) is 0 Å². The van der Waals surface area contributed by atoms with E-state index >= 15 is 0 Å². The molecule has 0 aliphatic heterocycles. The topological polar surface area (TPSA) is 84.0 Å². The highest BCUT2D eigenvalue weighted by molar-refractivity contribution is 5.81. The van der Waals surface area contributed by atoms with Crippen LogP contribution in [-0.2, 0) is 11.3 Å². The third kappa shape index (κ3) is 3.74. The van der Waals surface area contributed by atoms with E-state index in [0.29, 0.717) is 10.8 Å². The number of hydrogen-bond acceptors (Lipinski definition) is 3. The summed E-state index contributed by atoms with van der Waals surface area (Å²) in [5.74, 6) is -0.319. The number of rotatable bonds is 6. The van der Waals surface area contributed by atoms with Gasteiger partial charge in [-0.25, -0.2) is 4.68 Å². The summed E-state index contributed by atoms with van der Waals surface area (Å²) in [6, 6.07) is 16.1. The van der Waals surface area contributed by atoms with Crippen LogP contribution in [0.1, 0.15) is 31.4 Å². The quantitative estimate of drug-likeness (QED) is 0.715. The Morgan fingerprint density at radius 2 is 1.69 bits per heavy atom. The fraction of sp³-hybridized carbons (Fsp3) is 0.250. The Morgan fingerprint density at radius 1 is 1.04 bits per heavy atom. The summed E-state index contributed by atoms with van der Waals surface area (Å²) in [5, 5.41) is 6.06. The highest BCUT2D eigenvalue weighted by Gasteiger charge is 2.15. The number of hydrogen-bond donors (Lipinski definition) is 2. The van der Waals surface area contributed by atoms with E-state index in [4.69, 9.17) is 0 Å². The zero-order chi connectivity index (χ0) is 18.5. The summed E-state index contributed by atoms with van der Waals surface area (Å²) in [7, 11) is 0. The monoisotopic (exact) mass is 351 g/mol. The molecule has 1 unspecified atom stereocenters. The molecule has 1 atom stereocenters. The number of aromatic amines is 1. The predicted molar refractivity (Wildman–Crippen MR) is 101 cm³/mol. The van der Waals surface area contributed by atoms with Gasteiger partial charge in [-0.15, -0.1) is 0 Å². The lowest BCUT2D eigenvalue weighted by Crippen LogP contribution is -2.38. The third-order valence-corrected chi connectivity index (χ3v) is 4.30. The minimum absolute atomic E-state index is 0.128. The van der Waals surface area contributed by atoms with Crippen molar-refractivity contribution in [3.63, 3.8) is 0 Å². The minimum atomic E-state index is -0.388. The number of amides is 1. The molecule has 0 fully saturated rings. The molecule has 2 aromatic carbocycles. The number of aromatic nitrogens is 2. The molecule has 1 heterocycles. The van der Waals surface area contributed by atoms with Crippen LogP contribution in [0.4, 0.5) is 0 Å². The van der Waals surface area contributed by atoms with E-state index in [1.807, 2.05) is 37.3 Å². The van der Waals surface area contributed by atoms with Gasteiger partial charge in [0.1, 0.15) is 6.54 Å². The Balaban J connectivity index is 1.83. The molecule has 0 radical (unpaired) electrons. The standard InChI is InChI=1S/C20H21N3O3/c1-2-8-17(14-9-4-3-5-10-14)21-18(24)13-23-20(26)16-12-7-6-11-15(16)19(25)22-23/h3-7,9-12,17H,2,8,13H2,1H3,(H,21,24)(H,22,25). The second kappa shape index (κ2) is 7.82. The molecule has 3 rings (SSSR count). The van der Waals surface area contributed by atoms with Crippen LogP contribution >= 0.6 is 0 Å². The normalized spacial score (nSPS) is 12.0. The van der Waals surface area contributed by atoms with Crippen molar-refractivity contribution in [3.05, 3.63) is 80.9 Å². The molecule has 6 heteroatoms. The molecule has 134 valence electrons. The van der Waals surface area contributed by atoms with E-state index in [-0.39, 0.29) is 29.6 Å². The zero-order valence-corrected chi connectivity index (χ0v) is 14.6. The predicted octanol–water partition coefficient (Wildman–Crippen LogP) is 2.35. The molecule has 0 aliphatic rings. The second-order valence-corrected chi connectivity index (χ2v) is 6.20. The number of nitrogens with one attached hydrogen (secondary N) is 2. The summed E-state index contributed by atoms with van der Waals surface area (Å²) in [4.78, 5) is 37.1. The summed E-state index contributed by atoms with van der Waals surface area (Å²) in [6.07, 6.45) is 1.70. The molecule has 0 saturated carbocycles. The zero-order valence-electron chi connectivity index (χ0n) is 14.6. The molecule has 3 aromatic rings. The molecule has 2 N–H and O–H groups in total. The SMILES string of the molecule is CCCC(NC(=O)Cn1[nH]c(=O)c2ccccc2c1=O)c1ccccc1. The smallest absolute Gasteiger partial charge is 0.273 e. The highest BCUT2D eigenvalue weighted by atomic mass is 16.2. The lowest BCUT2D eigenvalue weighted by atomic mass is 10.0. The van der Waals surface area contributed by atoms with Crippen LogP contribution in [0.25, 0.3) is 10.8 Å². The van der Waals surface area contributed by atoms with Gasteiger partial charge in [-0.05, 0) is 24.1 Å². The fourth-order valence-electron chi connectivity index (χ4n) is 3.04. The first-order chi connectivity index (χ1) is 12.6. The van der Waals surface area contributed by atoms with Crippen molar-refractivity contribution in [1.29, 1.82) is 0 Å². The number of carbonyl (C=O) groups excluding carboxylic acids is 1. The van der Waals surface area contributed by atoms with Gasteiger partial charge in [0, 0.05) is 0 Å². The van der Waals surface area contributed by atoms with Gasteiger partial charge in [0.2, 0.25) is 5.91 Å². The first-order valence-electron chi connectivity index (χ1n) is 8.66. The van der Waals surface area contributed by atoms with Crippen molar-refractivity contribution in [2.24, 2.45) is 0 Å². The molecule has 26 heavy (non-hydrogen) atoms. The fourth-order valence-corrected chi connectivity index (χ4v) is 3.04. The van der Waals surface area contributed by atoms with Gasteiger partial charge in [-0.1, -0.05) is 55.8 Å². The van der Waals surface area contributed by atoms with Gasteiger partial charge in [0.05, 0.1) is 16.8 Å². The first kappa shape index (κ1) is 17.7. The molecule has 1 aromatic heterocycles. The summed E-state index contributed by atoms with van der Waals surface area (Å²) >= 11 is 0. The summed E-state index contributed by atoms with van der Waals surface area (Å²) in [6.45, 7) is 1.82. The number of nitrogens with zero attached hydrogens (tertiary/aromatic N) is 1. The average Bonchev–Trinajstić information content (AvgIpc) is 2.66. The Kier molecular flexibility index (Phi) is 5.31. The van der Waals surface area contributed by atoms with Crippen LogP contribution in [0.2, 0.25) is 0 Å². The number of carbonyl (C=O) groups is 1. The van der Waals surface area contributed by atoms with Crippen molar-refractivity contribution in [1.82, 2.24) is 15.1 Å². The number of benzene rings is 2. The third-order valence-electron chi connectivity index (χ3n) is 4.30. The van der Waals surface area contributed by atoms with Gasteiger partial charge in [0.25, 0.3) is 11.1 Å². The maximum atomic E-state index is 12.5. The molecule has 0 aliphatic carbocycles. The van der Waals surface area contributed by atoms with E-state index in [1.54, 1.807) is 24.3 Å². The van der Waals surface area contributed by atoms with Crippen molar-refractivity contribution < 1.29 is 4.79 Å². The number of fused-ring (bicyclic) bond motifs is 1. The largest absolute Gasteiger partial charge is 0.348 e. The lowest BCUT2D eigenvalue weighted by Gasteiger charge is -2.19. The van der Waals surface area contributed by atoms with Crippen LogP contribution < -0.4 is 16.4 Å². The van der Waals surface area contributed by atoms with Crippen LogP contribution in [0.5, 0.6) is 0 Å². The van der Waals surface area contributed by atoms with Crippen molar-refractivity contribution >= 4 is 16.7 Å². The molecule has 0 bridgehead atoms. The Labute approximate surface area is 150 Å². The van der Waals surface area contributed by atoms with E-state index in [0.717, 1.165) is 23.1 Å². The molecule has 6 nitrogen and oxygen atoms in total. The molecule has 1 amide bonds. The van der Waals surface area contributed by atoms with Gasteiger partial charge in [0.15, 0.2) is 0 Å². The van der Waals surface area contributed by atoms with Crippen LogP contribution in [0, 0.1) is 0 Å². The van der Waals surface area contributed by atoms with E-state index in [9.17, 15) is 14.4 Å². The van der Waals surface area contributed by atoms with Gasteiger partial charge < -0.3 is 5.32 Å². The summed E-state index contributed by atoms with van der Waals surface area (Å²) < 4.78 is 1.06. The Morgan fingerprint density at radius 3 is 2.38 bits per heavy atom. The van der Waals surface area contributed by atoms with Crippen LogP contribution in [0.3, 0.4) is 0 Å². The van der Waals surface area contributed by atoms with Crippen molar-refractivity contribution in [3.8, 4) is 0 Å². The summed E-state index contributed by atoms with van der Waals surface area (Å²) in [5.41, 5.74) is 0.241. The van der Waals surface area contributed by atoms with Gasteiger partial charge >= 0.3 is 0 Å². The van der Waals surface area contributed by atoms with Crippen molar-refractivity contribution in [2.75, 3.05) is 0 Å². The maximum absolute atomic E-state index is 12.5. The van der Waals surface area contributed by atoms with Crippen molar-refractivity contribution in [2.45, 2.75) is 32.4 Å². The van der Waals surface area contributed by atoms with Crippen LogP contribution in [-0.4, -0.2) is 15.7 Å². The minimum Gasteiger partial charge on any atom is -0.348 e. The number of H-pyrrole nitrogens is 1. The average molecular weight is 351 g/mol. The van der Waals surface area contributed by atoms with Gasteiger partial charge in [-0.2, -0.15) is 0 Å². The second-order valence-electron chi connectivity index (χ2n) is 6.20. The molecular formula is C20H21N3O3. The van der Waals surface area contributed by atoms with E-state index < -0.39 is 0 Å².